The summed E-state index contributed by atoms with van der Waals surface area (Å²) >= 11 is 0. The van der Waals surface area contributed by atoms with Crippen LogP contribution in [0, 0.1) is 0 Å². The van der Waals surface area contributed by atoms with Crippen LogP contribution in [0.25, 0.3) is 0 Å². The molecular weight excluding hydrogens is 448 g/mol. The standard InChI is InChI=1S/C13H20O3Si.C13H20O2Si/c1-9(2)17(16,10(3)4)12-7-5-11(6-8-12)13(14)15;1-9(2)16(10(3)4)12-7-5-11(6-8-12)13(14)15/h5-10,16H,1-4H3,(H,14,15);5-10,16H,1-4H3,(H,14,15). The van der Waals surface area contributed by atoms with Crippen LogP contribution < -0.4 is 10.4 Å². The van der Waals surface area contributed by atoms with E-state index in [4.69, 9.17) is 10.2 Å². The fraction of sp³-hybridized carbons (Fsp3) is 0.462. The molecule has 0 atom stereocenters. The van der Waals surface area contributed by atoms with Gasteiger partial charge in [0.05, 0.1) is 19.9 Å². The van der Waals surface area contributed by atoms with Crippen molar-refractivity contribution in [1.29, 1.82) is 0 Å². The van der Waals surface area contributed by atoms with Crippen molar-refractivity contribution in [2.45, 2.75) is 77.6 Å². The third kappa shape index (κ3) is 7.38. The molecule has 0 saturated carbocycles. The van der Waals surface area contributed by atoms with Crippen molar-refractivity contribution in [2.75, 3.05) is 0 Å². The molecule has 2 aromatic carbocycles. The molecule has 2 rings (SSSR count). The summed E-state index contributed by atoms with van der Waals surface area (Å²) in [5, 5.41) is 20.0. The summed E-state index contributed by atoms with van der Waals surface area (Å²) in [5.41, 5.74) is 2.46. The first kappa shape index (κ1) is 28.8. The number of hydrogen-bond donors (Lipinski definition) is 3. The third-order valence-electron chi connectivity index (χ3n) is 6.33. The highest BCUT2D eigenvalue weighted by molar-refractivity contribution is 6.87. The Morgan fingerprint density at radius 3 is 1.27 bits per heavy atom. The number of aromatic carboxylic acids is 2. The minimum atomic E-state index is -2.53. The molecule has 0 aliphatic heterocycles. The first-order valence-corrected chi connectivity index (χ1v) is 15.6. The van der Waals surface area contributed by atoms with Gasteiger partial charge in [0.25, 0.3) is 0 Å². The number of hydrogen-bond acceptors (Lipinski definition) is 3. The number of carbonyl (C=O) groups is 2. The predicted molar refractivity (Wildman–Crippen MR) is 142 cm³/mol. The van der Waals surface area contributed by atoms with Crippen LogP contribution in [-0.4, -0.2) is 44.1 Å². The number of rotatable bonds is 8. The number of benzene rings is 2. The van der Waals surface area contributed by atoms with Gasteiger partial charge in [-0.15, -0.1) is 0 Å². The summed E-state index contributed by atoms with van der Waals surface area (Å²) in [6.07, 6.45) is 0. The van der Waals surface area contributed by atoms with Gasteiger partial charge in [0.15, 0.2) is 0 Å². The zero-order chi connectivity index (χ0) is 25.5. The van der Waals surface area contributed by atoms with Crippen LogP contribution in [0.5, 0.6) is 0 Å². The van der Waals surface area contributed by atoms with Crippen molar-refractivity contribution in [1.82, 2.24) is 0 Å². The molecule has 0 spiro atoms. The Balaban J connectivity index is 0.000000331. The van der Waals surface area contributed by atoms with E-state index in [1.807, 2.05) is 39.8 Å². The zero-order valence-corrected chi connectivity index (χ0v) is 23.3. The maximum Gasteiger partial charge on any atom is 0.335 e. The molecule has 3 N–H and O–H groups in total. The molecule has 0 amide bonds. The number of carboxylic acid groups (broad SMARTS) is 2. The Kier molecular flexibility index (Phi) is 10.7. The van der Waals surface area contributed by atoms with E-state index in [1.54, 1.807) is 36.4 Å². The van der Waals surface area contributed by atoms with Crippen LogP contribution in [0.3, 0.4) is 0 Å². The monoisotopic (exact) mass is 488 g/mol. The smallest absolute Gasteiger partial charge is 0.335 e. The van der Waals surface area contributed by atoms with Gasteiger partial charge in [-0.25, -0.2) is 9.59 Å². The van der Waals surface area contributed by atoms with E-state index in [-0.39, 0.29) is 16.6 Å². The molecule has 7 heteroatoms. The first-order valence-electron chi connectivity index (χ1n) is 11.6. The molecule has 0 saturated heterocycles. The van der Waals surface area contributed by atoms with Crippen molar-refractivity contribution in [3.8, 4) is 0 Å². The molecular formula is C26H40O5Si2. The summed E-state index contributed by atoms with van der Waals surface area (Å²) in [7, 11) is -3.51. The van der Waals surface area contributed by atoms with Gasteiger partial charge in [-0.05, 0) is 51.6 Å². The highest BCUT2D eigenvalue weighted by Gasteiger charge is 2.40. The minimum Gasteiger partial charge on any atom is -0.478 e. The molecule has 0 unspecified atom stereocenters. The maximum atomic E-state index is 10.9. The van der Waals surface area contributed by atoms with Gasteiger partial charge in [0.2, 0.25) is 8.32 Å². The molecule has 182 valence electrons. The first-order chi connectivity index (χ1) is 15.2. The topological polar surface area (TPSA) is 94.8 Å². The highest BCUT2D eigenvalue weighted by atomic mass is 28.4. The molecule has 0 aliphatic carbocycles. The van der Waals surface area contributed by atoms with Gasteiger partial charge in [0.1, 0.15) is 0 Å². The van der Waals surface area contributed by atoms with Gasteiger partial charge in [-0.3, -0.25) is 0 Å². The summed E-state index contributed by atoms with van der Waals surface area (Å²) in [4.78, 5) is 32.4. The fourth-order valence-corrected chi connectivity index (χ4v) is 11.7. The van der Waals surface area contributed by atoms with Crippen molar-refractivity contribution < 1.29 is 24.6 Å². The van der Waals surface area contributed by atoms with Crippen LogP contribution in [0.2, 0.25) is 22.2 Å². The van der Waals surface area contributed by atoms with Crippen LogP contribution in [-0.2, 0) is 0 Å². The SMILES string of the molecule is CC(C)[SiH](c1ccc(C(=O)O)cc1)C(C)C.CC(C)[Si](O)(c1ccc(C(=O)O)cc1)C(C)C. The molecule has 0 fully saturated rings. The second kappa shape index (κ2) is 12.3. The van der Waals surface area contributed by atoms with E-state index in [0.717, 1.165) is 5.19 Å². The second-order valence-corrected chi connectivity index (χ2v) is 18.9. The van der Waals surface area contributed by atoms with Crippen molar-refractivity contribution in [3.05, 3.63) is 59.7 Å². The van der Waals surface area contributed by atoms with Crippen molar-refractivity contribution >= 4 is 39.4 Å². The lowest BCUT2D eigenvalue weighted by molar-refractivity contribution is 0.0686. The maximum absolute atomic E-state index is 10.9. The van der Waals surface area contributed by atoms with Crippen molar-refractivity contribution in [3.63, 3.8) is 0 Å². The van der Waals surface area contributed by atoms with Gasteiger partial charge >= 0.3 is 11.9 Å². The Bertz CT molecular complexity index is 887. The molecule has 0 heterocycles. The molecule has 5 nitrogen and oxygen atoms in total. The normalized spacial score (nSPS) is 11.8. The molecule has 0 bridgehead atoms. The zero-order valence-electron chi connectivity index (χ0n) is 21.2. The number of carboxylic acids is 2. The molecule has 0 radical (unpaired) electrons. The Hall–Kier alpha value is -2.23. The fourth-order valence-electron chi connectivity index (χ4n) is 4.60. The Morgan fingerprint density at radius 1 is 0.667 bits per heavy atom. The predicted octanol–water partition coefficient (Wildman–Crippen LogP) is 4.99. The quantitative estimate of drug-likeness (QED) is 0.455. The van der Waals surface area contributed by atoms with E-state index in [0.29, 0.717) is 16.6 Å². The molecule has 0 aromatic heterocycles. The lowest BCUT2D eigenvalue weighted by Crippen LogP contribution is -2.53. The Labute approximate surface area is 201 Å². The van der Waals surface area contributed by atoms with E-state index in [9.17, 15) is 14.4 Å². The minimum absolute atomic E-state index is 0.207. The van der Waals surface area contributed by atoms with E-state index in [2.05, 4.69) is 27.7 Å². The Morgan fingerprint density at radius 2 is 1.00 bits per heavy atom. The largest absolute Gasteiger partial charge is 0.478 e. The van der Waals surface area contributed by atoms with Crippen LogP contribution >= 0.6 is 0 Å². The average Bonchev–Trinajstić information content (AvgIpc) is 2.73. The van der Waals surface area contributed by atoms with E-state index >= 15 is 0 Å². The van der Waals surface area contributed by atoms with Crippen LogP contribution in [0.4, 0.5) is 0 Å². The molecule has 2 aromatic rings. The summed E-state index contributed by atoms with van der Waals surface area (Å²) in [5.74, 6) is -1.78. The van der Waals surface area contributed by atoms with Crippen LogP contribution in [0.1, 0.15) is 76.1 Å². The third-order valence-corrected chi connectivity index (χ3v) is 15.1. The van der Waals surface area contributed by atoms with Crippen molar-refractivity contribution in [2.24, 2.45) is 0 Å². The van der Waals surface area contributed by atoms with Gasteiger partial charge in [-0.1, -0.05) is 84.8 Å². The lowest BCUT2D eigenvalue weighted by Gasteiger charge is -2.33. The average molecular weight is 489 g/mol. The van der Waals surface area contributed by atoms with Gasteiger partial charge in [-0.2, -0.15) is 0 Å². The molecule has 0 aliphatic rings. The second-order valence-electron chi connectivity index (χ2n) is 9.96. The van der Waals surface area contributed by atoms with Gasteiger partial charge < -0.3 is 15.0 Å². The van der Waals surface area contributed by atoms with Crippen LogP contribution in [0.15, 0.2) is 48.5 Å². The van der Waals surface area contributed by atoms with Gasteiger partial charge in [0, 0.05) is 0 Å². The van der Waals surface area contributed by atoms with E-state index in [1.165, 1.54) is 5.19 Å². The van der Waals surface area contributed by atoms with E-state index < -0.39 is 29.1 Å². The molecule has 33 heavy (non-hydrogen) atoms. The summed E-state index contributed by atoms with van der Waals surface area (Å²) in [6, 6.07) is 14.1. The summed E-state index contributed by atoms with van der Waals surface area (Å²) in [6.45, 7) is 17.2. The highest BCUT2D eigenvalue weighted by Crippen LogP contribution is 2.29. The summed E-state index contributed by atoms with van der Waals surface area (Å²) < 4.78 is 0. The lowest BCUT2D eigenvalue weighted by atomic mass is 10.2.